The van der Waals surface area contributed by atoms with Crippen LogP contribution in [0.4, 0.5) is 17.6 Å². The summed E-state index contributed by atoms with van der Waals surface area (Å²) in [5, 5.41) is 3.00. The van der Waals surface area contributed by atoms with Crippen LogP contribution in [-0.2, 0) is 10.9 Å². The summed E-state index contributed by atoms with van der Waals surface area (Å²) in [5.41, 5.74) is -0.811. The van der Waals surface area contributed by atoms with E-state index in [1.165, 1.54) is 6.07 Å². The maximum Gasteiger partial charge on any atom is 0.419 e. The number of ether oxygens (including phenoxy) is 1. The number of hydrogen-bond donors (Lipinski definition) is 1. The molecule has 2 unspecified atom stereocenters. The first-order valence-corrected chi connectivity index (χ1v) is 6.87. The number of rotatable bonds is 6. The van der Waals surface area contributed by atoms with Crippen LogP contribution in [0, 0.1) is 11.7 Å². The van der Waals surface area contributed by atoms with E-state index in [-0.39, 0.29) is 18.1 Å². The van der Waals surface area contributed by atoms with Crippen molar-refractivity contribution in [3.63, 3.8) is 0 Å². The highest BCUT2D eigenvalue weighted by Crippen LogP contribution is 2.33. The molecule has 0 saturated carbocycles. The van der Waals surface area contributed by atoms with E-state index in [1.807, 2.05) is 20.8 Å². The van der Waals surface area contributed by atoms with Crippen LogP contribution in [0.1, 0.15) is 37.9 Å². The van der Waals surface area contributed by atoms with Crippen molar-refractivity contribution < 1.29 is 22.3 Å². The molecular weight excluding hydrogens is 286 g/mol. The highest BCUT2D eigenvalue weighted by Gasteiger charge is 2.35. The minimum atomic E-state index is -4.69. The van der Waals surface area contributed by atoms with Crippen LogP contribution in [0.5, 0.6) is 0 Å². The van der Waals surface area contributed by atoms with E-state index in [2.05, 4.69) is 5.32 Å². The summed E-state index contributed by atoms with van der Waals surface area (Å²) in [4.78, 5) is 0. The molecule has 0 aliphatic rings. The zero-order chi connectivity index (χ0) is 16.2. The van der Waals surface area contributed by atoms with Crippen LogP contribution in [-0.4, -0.2) is 19.8 Å². The largest absolute Gasteiger partial charge is 0.419 e. The SMILES string of the molecule is CCOC(C(C)C)C(NC)c1ccc(C(F)(F)F)c(F)c1. The van der Waals surface area contributed by atoms with E-state index in [0.29, 0.717) is 12.2 Å². The molecule has 1 rings (SSSR count). The zero-order valence-corrected chi connectivity index (χ0v) is 12.6. The second-order valence-corrected chi connectivity index (χ2v) is 5.17. The molecule has 0 bridgehead atoms. The lowest BCUT2D eigenvalue weighted by Gasteiger charge is -2.30. The Hall–Kier alpha value is -1.14. The Bertz CT molecular complexity index is 459. The molecule has 0 radical (unpaired) electrons. The van der Waals surface area contributed by atoms with Crippen molar-refractivity contribution in [2.24, 2.45) is 5.92 Å². The molecule has 2 nitrogen and oxygen atoms in total. The maximum atomic E-state index is 13.7. The summed E-state index contributed by atoms with van der Waals surface area (Å²) in [6.07, 6.45) is -4.94. The normalized spacial score (nSPS) is 15.3. The van der Waals surface area contributed by atoms with Crippen molar-refractivity contribution in [2.75, 3.05) is 13.7 Å². The number of likely N-dealkylation sites (N-methyl/N-ethyl adjacent to an activating group) is 1. The summed E-state index contributed by atoms with van der Waals surface area (Å²) in [6, 6.07) is 2.62. The molecule has 0 amide bonds. The molecule has 6 heteroatoms. The molecule has 0 fully saturated rings. The molecule has 0 heterocycles. The van der Waals surface area contributed by atoms with Gasteiger partial charge in [-0.25, -0.2) is 4.39 Å². The van der Waals surface area contributed by atoms with Gasteiger partial charge < -0.3 is 10.1 Å². The number of alkyl halides is 3. The third-order valence-corrected chi connectivity index (χ3v) is 3.31. The van der Waals surface area contributed by atoms with Gasteiger partial charge in [-0.1, -0.05) is 19.9 Å². The van der Waals surface area contributed by atoms with E-state index in [1.54, 1.807) is 7.05 Å². The van der Waals surface area contributed by atoms with Crippen LogP contribution < -0.4 is 5.32 Å². The lowest BCUT2D eigenvalue weighted by atomic mass is 9.92. The van der Waals surface area contributed by atoms with Crippen LogP contribution in [0.25, 0.3) is 0 Å². The predicted octanol–water partition coefficient (Wildman–Crippen LogP) is 4.17. The van der Waals surface area contributed by atoms with Crippen molar-refractivity contribution in [3.8, 4) is 0 Å². The smallest absolute Gasteiger partial charge is 0.376 e. The lowest BCUT2D eigenvalue weighted by Crippen LogP contribution is -2.35. The first-order chi connectivity index (χ1) is 9.72. The fraction of sp³-hybridized carbons (Fsp3) is 0.600. The first-order valence-electron chi connectivity index (χ1n) is 6.87. The predicted molar refractivity (Wildman–Crippen MR) is 73.5 cm³/mol. The van der Waals surface area contributed by atoms with Gasteiger partial charge in [0.05, 0.1) is 17.7 Å². The molecule has 120 valence electrons. The van der Waals surface area contributed by atoms with Crippen LogP contribution >= 0.6 is 0 Å². The molecule has 1 N–H and O–H groups in total. The minimum absolute atomic E-state index is 0.132. The van der Waals surface area contributed by atoms with Gasteiger partial charge in [0.2, 0.25) is 0 Å². The van der Waals surface area contributed by atoms with Gasteiger partial charge in [0.15, 0.2) is 0 Å². The molecule has 2 atom stereocenters. The van der Waals surface area contributed by atoms with Crippen molar-refractivity contribution >= 4 is 0 Å². The summed E-state index contributed by atoms with van der Waals surface area (Å²) in [5.74, 6) is -1.13. The van der Waals surface area contributed by atoms with Crippen molar-refractivity contribution in [1.29, 1.82) is 0 Å². The van der Waals surface area contributed by atoms with Crippen molar-refractivity contribution in [1.82, 2.24) is 5.32 Å². The second kappa shape index (κ2) is 7.22. The number of nitrogens with one attached hydrogen (secondary N) is 1. The van der Waals surface area contributed by atoms with Gasteiger partial charge >= 0.3 is 6.18 Å². The number of halogens is 4. The molecule has 0 aromatic heterocycles. The quantitative estimate of drug-likeness (QED) is 0.797. The van der Waals surface area contributed by atoms with E-state index in [9.17, 15) is 17.6 Å². The van der Waals surface area contributed by atoms with E-state index in [4.69, 9.17) is 4.74 Å². The third kappa shape index (κ3) is 4.41. The second-order valence-electron chi connectivity index (χ2n) is 5.17. The fourth-order valence-corrected chi connectivity index (χ4v) is 2.34. The zero-order valence-electron chi connectivity index (χ0n) is 12.6. The summed E-state index contributed by atoms with van der Waals surface area (Å²) >= 11 is 0. The average molecular weight is 307 g/mol. The Morgan fingerprint density at radius 1 is 1.24 bits per heavy atom. The molecular formula is C15H21F4NO. The van der Waals surface area contributed by atoms with Gasteiger partial charge in [-0.15, -0.1) is 0 Å². The number of hydrogen-bond acceptors (Lipinski definition) is 2. The molecule has 0 aliphatic carbocycles. The van der Waals surface area contributed by atoms with E-state index in [0.717, 1.165) is 12.1 Å². The van der Waals surface area contributed by atoms with Gasteiger partial charge in [-0.3, -0.25) is 0 Å². The van der Waals surface area contributed by atoms with Gasteiger partial charge in [0.1, 0.15) is 5.82 Å². The van der Waals surface area contributed by atoms with Gasteiger partial charge in [-0.05, 0) is 37.6 Å². The van der Waals surface area contributed by atoms with Gasteiger partial charge in [-0.2, -0.15) is 13.2 Å². The summed E-state index contributed by atoms with van der Waals surface area (Å²) in [6.45, 7) is 6.22. The van der Waals surface area contributed by atoms with Crippen LogP contribution in [0.15, 0.2) is 18.2 Å². The van der Waals surface area contributed by atoms with Crippen LogP contribution in [0.2, 0.25) is 0 Å². The summed E-state index contributed by atoms with van der Waals surface area (Å²) < 4.78 is 57.1. The maximum absolute atomic E-state index is 13.7. The first kappa shape index (κ1) is 17.9. The Morgan fingerprint density at radius 3 is 2.24 bits per heavy atom. The standard InChI is InChI=1S/C15H21F4NO/c1-5-21-14(9(2)3)13(20-4)10-6-7-11(12(16)8-10)15(17,18)19/h6-9,13-14,20H,5H2,1-4H3. The van der Waals surface area contributed by atoms with Gasteiger partial charge in [0.25, 0.3) is 0 Å². The molecule has 0 spiro atoms. The molecule has 1 aromatic carbocycles. The summed E-state index contributed by atoms with van der Waals surface area (Å²) in [7, 11) is 1.68. The van der Waals surface area contributed by atoms with Crippen molar-refractivity contribution in [3.05, 3.63) is 35.1 Å². The molecule has 21 heavy (non-hydrogen) atoms. The average Bonchev–Trinajstić information content (AvgIpc) is 2.37. The fourth-order valence-electron chi connectivity index (χ4n) is 2.34. The third-order valence-electron chi connectivity index (χ3n) is 3.31. The van der Waals surface area contributed by atoms with Crippen LogP contribution in [0.3, 0.4) is 0 Å². The Labute approximate surface area is 122 Å². The topological polar surface area (TPSA) is 21.3 Å². The Kier molecular flexibility index (Phi) is 6.16. The highest BCUT2D eigenvalue weighted by atomic mass is 19.4. The Balaban J connectivity index is 3.14. The molecule has 0 saturated heterocycles. The lowest BCUT2D eigenvalue weighted by molar-refractivity contribution is -0.140. The van der Waals surface area contributed by atoms with E-state index < -0.39 is 17.6 Å². The molecule has 0 aliphatic heterocycles. The van der Waals surface area contributed by atoms with Crippen molar-refractivity contribution in [2.45, 2.75) is 39.1 Å². The molecule has 1 aromatic rings. The monoisotopic (exact) mass is 307 g/mol. The highest BCUT2D eigenvalue weighted by molar-refractivity contribution is 5.29. The van der Waals surface area contributed by atoms with E-state index >= 15 is 0 Å². The minimum Gasteiger partial charge on any atom is -0.376 e. The Morgan fingerprint density at radius 2 is 1.86 bits per heavy atom. The number of benzene rings is 1. The van der Waals surface area contributed by atoms with Gasteiger partial charge in [0, 0.05) is 6.61 Å².